The van der Waals surface area contributed by atoms with E-state index in [0.717, 1.165) is 16.9 Å². The lowest BCUT2D eigenvalue weighted by Crippen LogP contribution is -2.32. The molecule has 114 valence electrons. The molecule has 0 saturated heterocycles. The van der Waals surface area contributed by atoms with Gasteiger partial charge in [0.05, 0.1) is 16.6 Å². The molecule has 0 bridgehead atoms. The first-order valence-corrected chi connectivity index (χ1v) is 7.77. The van der Waals surface area contributed by atoms with Gasteiger partial charge in [-0.1, -0.05) is 29.3 Å². The number of carbonyl (C=O) groups excluding carboxylic acids is 1. The smallest absolute Gasteiger partial charge is 0.231 e. The Kier molecular flexibility index (Phi) is 4.27. The number of rotatable bonds is 2. The minimum Gasteiger partial charge on any atom is -0.492 e. The Balaban J connectivity index is 1.74. The van der Waals surface area contributed by atoms with Crippen LogP contribution in [0.5, 0.6) is 5.75 Å². The molecule has 0 spiro atoms. The molecular weight excluding hydrogens is 321 g/mol. The van der Waals surface area contributed by atoms with Crippen LogP contribution < -0.4 is 10.1 Å². The summed E-state index contributed by atoms with van der Waals surface area (Å²) in [6.45, 7) is 2.30. The van der Waals surface area contributed by atoms with Gasteiger partial charge in [-0.25, -0.2) is 0 Å². The normalized spacial score (nSPS) is 16.6. The number of nitrogens with one attached hydrogen (secondary N) is 1. The number of carbonyl (C=O) groups is 1. The third kappa shape index (κ3) is 3.21. The number of ether oxygens (including phenoxy) is 1. The summed E-state index contributed by atoms with van der Waals surface area (Å²) in [5, 5.41) is 4.05. The Morgan fingerprint density at radius 1 is 1.23 bits per heavy atom. The maximum Gasteiger partial charge on any atom is 0.231 e. The third-order valence-corrected chi connectivity index (χ3v) is 4.23. The summed E-state index contributed by atoms with van der Waals surface area (Å²) >= 11 is 12.1. The van der Waals surface area contributed by atoms with Gasteiger partial charge in [0, 0.05) is 5.02 Å². The molecule has 1 aliphatic heterocycles. The van der Waals surface area contributed by atoms with Crippen LogP contribution in [0.3, 0.4) is 0 Å². The second-order valence-electron chi connectivity index (χ2n) is 5.44. The number of halogens is 2. The molecular formula is C17H15Cl2NO2. The Morgan fingerprint density at radius 3 is 2.82 bits per heavy atom. The average Bonchev–Trinajstić information content (AvgIpc) is 2.49. The van der Waals surface area contributed by atoms with Crippen molar-refractivity contribution < 1.29 is 9.53 Å². The molecule has 1 heterocycles. The highest BCUT2D eigenvalue weighted by Gasteiger charge is 2.26. The van der Waals surface area contributed by atoms with Crippen LogP contribution in [-0.2, 0) is 11.2 Å². The van der Waals surface area contributed by atoms with Crippen LogP contribution in [0.2, 0.25) is 10.0 Å². The molecule has 22 heavy (non-hydrogen) atoms. The van der Waals surface area contributed by atoms with Crippen molar-refractivity contribution in [3.63, 3.8) is 0 Å². The van der Waals surface area contributed by atoms with Gasteiger partial charge in [-0.15, -0.1) is 0 Å². The predicted molar refractivity (Wildman–Crippen MR) is 89.0 cm³/mol. The summed E-state index contributed by atoms with van der Waals surface area (Å²) in [6, 6.07) is 11.0. The van der Waals surface area contributed by atoms with E-state index in [2.05, 4.69) is 5.32 Å². The zero-order chi connectivity index (χ0) is 15.7. The number of hydrogen-bond donors (Lipinski definition) is 1. The van der Waals surface area contributed by atoms with Crippen LogP contribution >= 0.6 is 23.2 Å². The van der Waals surface area contributed by atoms with E-state index in [0.29, 0.717) is 28.8 Å². The molecule has 1 amide bonds. The number of fused-ring (bicyclic) bond motifs is 1. The van der Waals surface area contributed by atoms with Crippen LogP contribution in [0, 0.1) is 12.8 Å². The molecule has 2 aromatic rings. The molecule has 0 aliphatic carbocycles. The van der Waals surface area contributed by atoms with Crippen molar-refractivity contribution in [1.29, 1.82) is 0 Å². The van der Waals surface area contributed by atoms with Crippen molar-refractivity contribution in [3.05, 3.63) is 57.6 Å². The summed E-state index contributed by atoms with van der Waals surface area (Å²) in [5.74, 6) is 0.432. The Labute approximate surface area is 139 Å². The maximum absolute atomic E-state index is 12.4. The quantitative estimate of drug-likeness (QED) is 0.877. The molecule has 1 aliphatic rings. The van der Waals surface area contributed by atoms with Crippen LogP contribution in [-0.4, -0.2) is 12.5 Å². The Morgan fingerprint density at radius 2 is 2.05 bits per heavy atom. The fourth-order valence-corrected chi connectivity index (χ4v) is 2.96. The van der Waals surface area contributed by atoms with Gasteiger partial charge in [-0.05, 0) is 54.8 Å². The average molecular weight is 336 g/mol. The topological polar surface area (TPSA) is 38.3 Å². The molecule has 2 aromatic carbocycles. The molecule has 0 saturated carbocycles. The zero-order valence-corrected chi connectivity index (χ0v) is 13.5. The molecule has 5 heteroatoms. The molecule has 1 unspecified atom stereocenters. The van der Waals surface area contributed by atoms with Gasteiger partial charge in [0.15, 0.2) is 0 Å². The van der Waals surface area contributed by atoms with E-state index in [4.69, 9.17) is 27.9 Å². The number of aryl methyl sites for hydroxylation is 1. The van der Waals surface area contributed by atoms with Gasteiger partial charge in [-0.3, -0.25) is 4.79 Å². The van der Waals surface area contributed by atoms with Crippen molar-refractivity contribution >= 4 is 34.8 Å². The SMILES string of the molecule is Cc1ccc(NC(=O)C2COc3ccc(Cl)cc3C2)c(Cl)c1. The van der Waals surface area contributed by atoms with Crippen LogP contribution in [0.4, 0.5) is 5.69 Å². The Hall–Kier alpha value is -1.71. The largest absolute Gasteiger partial charge is 0.492 e. The van der Waals surface area contributed by atoms with Crippen LogP contribution in [0.25, 0.3) is 0 Å². The summed E-state index contributed by atoms with van der Waals surface area (Å²) in [6.07, 6.45) is 0.602. The maximum atomic E-state index is 12.4. The van der Waals surface area contributed by atoms with Crippen molar-refractivity contribution in [2.75, 3.05) is 11.9 Å². The van der Waals surface area contributed by atoms with E-state index in [-0.39, 0.29) is 11.8 Å². The lowest BCUT2D eigenvalue weighted by Gasteiger charge is -2.25. The molecule has 0 fully saturated rings. The zero-order valence-electron chi connectivity index (χ0n) is 12.0. The van der Waals surface area contributed by atoms with Crippen molar-refractivity contribution in [2.45, 2.75) is 13.3 Å². The highest BCUT2D eigenvalue weighted by atomic mass is 35.5. The first-order chi connectivity index (χ1) is 10.5. The molecule has 0 radical (unpaired) electrons. The van der Waals surface area contributed by atoms with Gasteiger partial charge >= 0.3 is 0 Å². The lowest BCUT2D eigenvalue weighted by atomic mass is 9.96. The van der Waals surface area contributed by atoms with E-state index in [1.165, 1.54) is 0 Å². The summed E-state index contributed by atoms with van der Waals surface area (Å²) in [7, 11) is 0. The van der Waals surface area contributed by atoms with Crippen LogP contribution in [0.1, 0.15) is 11.1 Å². The fourth-order valence-electron chi connectivity index (χ4n) is 2.49. The van der Waals surface area contributed by atoms with E-state index in [1.54, 1.807) is 6.07 Å². The van der Waals surface area contributed by atoms with Gasteiger partial charge in [0.1, 0.15) is 12.4 Å². The number of benzene rings is 2. The van der Waals surface area contributed by atoms with Crippen molar-refractivity contribution in [1.82, 2.24) is 0 Å². The van der Waals surface area contributed by atoms with Gasteiger partial charge in [0.2, 0.25) is 5.91 Å². The minimum absolute atomic E-state index is 0.101. The van der Waals surface area contributed by atoms with E-state index < -0.39 is 0 Å². The standard InChI is InChI=1S/C17H15Cl2NO2/c1-10-2-4-15(14(19)6-10)20-17(21)12-7-11-8-13(18)3-5-16(11)22-9-12/h2-6,8,12H,7,9H2,1H3,(H,20,21). The van der Waals surface area contributed by atoms with E-state index >= 15 is 0 Å². The summed E-state index contributed by atoms with van der Waals surface area (Å²) in [5.41, 5.74) is 2.62. The van der Waals surface area contributed by atoms with Crippen LogP contribution in [0.15, 0.2) is 36.4 Å². The van der Waals surface area contributed by atoms with Gasteiger partial charge in [-0.2, -0.15) is 0 Å². The fraction of sp³-hybridized carbons (Fsp3) is 0.235. The van der Waals surface area contributed by atoms with Gasteiger partial charge < -0.3 is 10.1 Å². The van der Waals surface area contributed by atoms with E-state index in [9.17, 15) is 4.79 Å². The summed E-state index contributed by atoms with van der Waals surface area (Å²) in [4.78, 5) is 12.4. The monoisotopic (exact) mass is 335 g/mol. The molecule has 1 N–H and O–H groups in total. The van der Waals surface area contributed by atoms with Gasteiger partial charge in [0.25, 0.3) is 0 Å². The second-order valence-corrected chi connectivity index (χ2v) is 6.28. The second kappa shape index (κ2) is 6.19. The third-order valence-electron chi connectivity index (χ3n) is 3.68. The first-order valence-electron chi connectivity index (χ1n) is 7.01. The molecule has 0 aromatic heterocycles. The Bertz CT molecular complexity index is 731. The molecule has 3 rings (SSSR count). The first kappa shape index (κ1) is 15.2. The number of amides is 1. The minimum atomic E-state index is -0.261. The lowest BCUT2D eigenvalue weighted by molar-refractivity contribution is -0.121. The molecule has 1 atom stereocenters. The highest BCUT2D eigenvalue weighted by molar-refractivity contribution is 6.33. The molecule has 3 nitrogen and oxygen atoms in total. The number of hydrogen-bond acceptors (Lipinski definition) is 2. The van der Waals surface area contributed by atoms with Crippen molar-refractivity contribution in [2.24, 2.45) is 5.92 Å². The van der Waals surface area contributed by atoms with Crippen molar-refractivity contribution in [3.8, 4) is 5.75 Å². The van der Waals surface area contributed by atoms with E-state index in [1.807, 2.05) is 37.3 Å². The highest BCUT2D eigenvalue weighted by Crippen LogP contribution is 2.31. The predicted octanol–water partition coefficient (Wildman–Crippen LogP) is 4.49. The summed E-state index contributed by atoms with van der Waals surface area (Å²) < 4.78 is 5.65. The number of anilines is 1.